The first-order chi connectivity index (χ1) is 15.9. The molecule has 1 atom stereocenters. The second kappa shape index (κ2) is 15.6. The first-order valence-corrected chi connectivity index (χ1v) is 10.9. The van der Waals surface area contributed by atoms with Gasteiger partial charge in [-0.05, 0) is 82.0 Å². The molecule has 0 bridgehead atoms. The Balaban J connectivity index is 0.00000578. The third-order valence-corrected chi connectivity index (χ3v) is 4.96. The molecule has 0 aliphatic heterocycles. The number of nitrogens with two attached hydrogens (primary N) is 1. The van der Waals surface area contributed by atoms with Gasteiger partial charge in [-0.3, -0.25) is 14.8 Å². The molecule has 0 saturated carbocycles. The molecule has 0 aliphatic rings. The van der Waals surface area contributed by atoms with Crippen LogP contribution in [0.3, 0.4) is 0 Å². The summed E-state index contributed by atoms with van der Waals surface area (Å²) in [6.07, 6.45) is 2.35. The minimum absolute atomic E-state index is 0. The molecule has 0 radical (unpaired) electrons. The van der Waals surface area contributed by atoms with Crippen LogP contribution in [0, 0.1) is 11.8 Å². The van der Waals surface area contributed by atoms with Gasteiger partial charge < -0.3 is 21.3 Å². The normalized spacial score (nSPS) is 11.1. The molecular formula is C26H37N5O3. The number of carbonyl (C=O) groups is 2. The lowest BCUT2D eigenvalue weighted by Gasteiger charge is -2.14. The number of benzene rings is 2. The van der Waals surface area contributed by atoms with Crippen LogP contribution in [-0.4, -0.2) is 61.7 Å². The van der Waals surface area contributed by atoms with Gasteiger partial charge in [0.2, 0.25) is 0 Å². The van der Waals surface area contributed by atoms with Gasteiger partial charge in [0.15, 0.2) is 0 Å². The molecule has 0 unspecified atom stereocenters. The van der Waals surface area contributed by atoms with Crippen molar-refractivity contribution < 1.29 is 14.8 Å². The van der Waals surface area contributed by atoms with Crippen LogP contribution in [0.15, 0.2) is 48.5 Å². The van der Waals surface area contributed by atoms with Crippen LogP contribution in [-0.2, 0) is 11.3 Å². The molecule has 0 aromatic heterocycles. The van der Waals surface area contributed by atoms with E-state index < -0.39 is 17.9 Å². The average Bonchev–Trinajstić information content (AvgIpc) is 2.83. The number of hydrogen-bond acceptors (Lipinski definition) is 6. The Morgan fingerprint density at radius 2 is 1.59 bits per heavy atom. The van der Waals surface area contributed by atoms with Gasteiger partial charge in [0.25, 0.3) is 11.8 Å². The molecule has 2 amide bonds. The Morgan fingerprint density at radius 3 is 2.12 bits per heavy atom. The number of hydroxylamine groups is 1. The van der Waals surface area contributed by atoms with E-state index in [4.69, 9.17) is 10.9 Å². The maximum absolute atomic E-state index is 12.2. The van der Waals surface area contributed by atoms with Crippen molar-refractivity contribution in [2.75, 3.05) is 33.7 Å². The van der Waals surface area contributed by atoms with E-state index in [1.54, 1.807) is 24.3 Å². The van der Waals surface area contributed by atoms with Crippen LogP contribution in [0.5, 0.6) is 0 Å². The van der Waals surface area contributed by atoms with Crippen molar-refractivity contribution in [3.05, 3.63) is 70.8 Å². The Kier molecular flexibility index (Phi) is 13.2. The highest BCUT2D eigenvalue weighted by atomic mass is 16.5. The van der Waals surface area contributed by atoms with Crippen molar-refractivity contribution in [1.82, 2.24) is 21.0 Å². The number of hydrogen-bond donors (Lipinski definition) is 5. The molecule has 0 heterocycles. The SMILES string of the molecule is C.CN(C)CCCCNCc1ccc(C#Cc2ccc(C(=O)N[C@@H](CN)C(=O)NO)cc2)cc1. The van der Waals surface area contributed by atoms with Crippen LogP contribution in [0.25, 0.3) is 0 Å². The highest BCUT2D eigenvalue weighted by molar-refractivity contribution is 5.97. The summed E-state index contributed by atoms with van der Waals surface area (Å²) < 4.78 is 0. The molecule has 8 heteroatoms. The molecule has 6 N–H and O–H groups in total. The fourth-order valence-corrected chi connectivity index (χ4v) is 3.02. The summed E-state index contributed by atoms with van der Waals surface area (Å²) in [7, 11) is 4.18. The molecule has 0 aliphatic carbocycles. The number of nitrogens with zero attached hydrogens (tertiary/aromatic N) is 1. The predicted octanol–water partition coefficient (Wildman–Crippen LogP) is 1.72. The fourth-order valence-electron chi connectivity index (χ4n) is 3.02. The Bertz CT molecular complexity index is 947. The molecule has 184 valence electrons. The number of carbonyl (C=O) groups excluding carboxylic acids is 2. The molecule has 2 aromatic carbocycles. The zero-order valence-electron chi connectivity index (χ0n) is 19.2. The van der Waals surface area contributed by atoms with Crippen molar-refractivity contribution in [2.24, 2.45) is 5.73 Å². The second-order valence-corrected chi connectivity index (χ2v) is 7.95. The number of nitrogens with one attached hydrogen (secondary N) is 3. The van der Waals surface area contributed by atoms with Crippen molar-refractivity contribution >= 4 is 11.8 Å². The largest absolute Gasteiger partial charge is 0.339 e. The fraction of sp³-hybridized carbons (Fsp3) is 0.385. The molecule has 0 spiro atoms. The van der Waals surface area contributed by atoms with E-state index in [1.165, 1.54) is 17.5 Å². The molecule has 0 saturated heterocycles. The lowest BCUT2D eigenvalue weighted by Crippen LogP contribution is -2.50. The van der Waals surface area contributed by atoms with Gasteiger partial charge in [-0.25, -0.2) is 5.48 Å². The Labute approximate surface area is 202 Å². The molecule has 2 rings (SSSR count). The van der Waals surface area contributed by atoms with E-state index in [1.807, 2.05) is 12.1 Å². The van der Waals surface area contributed by atoms with Gasteiger partial charge >= 0.3 is 0 Å². The maximum Gasteiger partial charge on any atom is 0.267 e. The van der Waals surface area contributed by atoms with Crippen molar-refractivity contribution in [1.29, 1.82) is 0 Å². The van der Waals surface area contributed by atoms with Crippen LogP contribution >= 0.6 is 0 Å². The Hall–Kier alpha value is -3.22. The lowest BCUT2D eigenvalue weighted by molar-refractivity contribution is -0.130. The van der Waals surface area contributed by atoms with E-state index in [2.05, 4.69) is 53.6 Å². The monoisotopic (exact) mass is 467 g/mol. The van der Waals surface area contributed by atoms with Crippen LogP contribution in [0.1, 0.15) is 47.3 Å². The zero-order chi connectivity index (χ0) is 24.1. The topological polar surface area (TPSA) is 120 Å². The standard InChI is InChI=1S/C25H33N5O3.CH4/c1-30(2)16-4-3-15-27-18-21-9-7-19(8-10-21)5-6-20-11-13-22(14-12-20)24(31)28-23(17-26)25(32)29-33;/h7-14,23,27,33H,3-4,15-18,26H2,1-2H3,(H,28,31)(H,29,32);1H4/t23-;/m0./s1. The van der Waals surface area contributed by atoms with Gasteiger partial charge in [-0.15, -0.1) is 0 Å². The molecule has 2 aromatic rings. The van der Waals surface area contributed by atoms with Crippen LogP contribution in [0.2, 0.25) is 0 Å². The molecule has 34 heavy (non-hydrogen) atoms. The van der Waals surface area contributed by atoms with E-state index in [-0.39, 0.29) is 14.0 Å². The van der Waals surface area contributed by atoms with Gasteiger partial charge in [0.05, 0.1) is 0 Å². The maximum atomic E-state index is 12.2. The quantitative estimate of drug-likeness (QED) is 0.149. The lowest BCUT2D eigenvalue weighted by atomic mass is 10.1. The number of rotatable bonds is 11. The highest BCUT2D eigenvalue weighted by Gasteiger charge is 2.19. The van der Waals surface area contributed by atoms with E-state index in [0.29, 0.717) is 5.56 Å². The molecule has 0 fully saturated rings. The summed E-state index contributed by atoms with van der Waals surface area (Å²) >= 11 is 0. The average molecular weight is 468 g/mol. The minimum Gasteiger partial charge on any atom is -0.339 e. The van der Waals surface area contributed by atoms with Crippen LogP contribution < -0.4 is 21.8 Å². The minimum atomic E-state index is -1.01. The van der Waals surface area contributed by atoms with Crippen LogP contribution in [0.4, 0.5) is 0 Å². The van der Waals surface area contributed by atoms with Gasteiger partial charge in [-0.1, -0.05) is 31.4 Å². The third-order valence-electron chi connectivity index (χ3n) is 4.96. The zero-order valence-corrected chi connectivity index (χ0v) is 19.2. The van der Waals surface area contributed by atoms with E-state index >= 15 is 0 Å². The van der Waals surface area contributed by atoms with E-state index in [9.17, 15) is 9.59 Å². The summed E-state index contributed by atoms with van der Waals surface area (Å²) in [4.78, 5) is 25.9. The summed E-state index contributed by atoms with van der Waals surface area (Å²) in [5.41, 5.74) is 10.2. The summed E-state index contributed by atoms with van der Waals surface area (Å²) in [5, 5.41) is 14.6. The third kappa shape index (κ3) is 10.1. The van der Waals surface area contributed by atoms with Crippen molar-refractivity contribution in [2.45, 2.75) is 32.9 Å². The smallest absolute Gasteiger partial charge is 0.267 e. The first kappa shape index (κ1) is 28.8. The van der Waals surface area contributed by atoms with Gasteiger partial charge in [0.1, 0.15) is 6.04 Å². The van der Waals surface area contributed by atoms with Gasteiger partial charge in [0, 0.05) is 29.8 Å². The summed E-state index contributed by atoms with van der Waals surface area (Å²) in [6.45, 7) is 2.82. The Morgan fingerprint density at radius 1 is 1.00 bits per heavy atom. The van der Waals surface area contributed by atoms with Crippen molar-refractivity contribution in [3.63, 3.8) is 0 Å². The summed E-state index contributed by atoms with van der Waals surface area (Å²) in [5.74, 6) is 4.97. The van der Waals surface area contributed by atoms with Gasteiger partial charge in [-0.2, -0.15) is 0 Å². The number of unbranched alkanes of at least 4 members (excludes halogenated alkanes) is 1. The molecular weight excluding hydrogens is 430 g/mol. The predicted molar refractivity (Wildman–Crippen MR) is 135 cm³/mol. The van der Waals surface area contributed by atoms with E-state index in [0.717, 1.165) is 37.2 Å². The summed E-state index contributed by atoms with van der Waals surface area (Å²) in [6, 6.07) is 13.8. The second-order valence-electron chi connectivity index (χ2n) is 7.95. The first-order valence-electron chi connectivity index (χ1n) is 10.9. The molecule has 8 nitrogen and oxygen atoms in total. The number of amides is 2. The van der Waals surface area contributed by atoms with Crippen molar-refractivity contribution in [3.8, 4) is 11.8 Å². The highest BCUT2D eigenvalue weighted by Crippen LogP contribution is 2.06.